The minimum absolute atomic E-state index is 0.0115. The van der Waals surface area contributed by atoms with Crippen molar-refractivity contribution in [2.45, 2.75) is 5.21 Å². The second-order valence-electron chi connectivity index (χ2n) is 4.77. The van der Waals surface area contributed by atoms with Crippen molar-refractivity contribution in [1.82, 2.24) is 9.97 Å². The molecule has 6 nitrogen and oxygen atoms in total. The Kier molecular flexibility index (Phi) is 5.14. The Hall–Kier alpha value is -2.77. The van der Waals surface area contributed by atoms with Crippen molar-refractivity contribution in [2.75, 3.05) is 12.3 Å². The van der Waals surface area contributed by atoms with Gasteiger partial charge in [-0.05, 0) is 0 Å². The van der Waals surface area contributed by atoms with E-state index in [0.29, 0.717) is 18.1 Å². The van der Waals surface area contributed by atoms with E-state index in [-0.39, 0.29) is 33.1 Å². The van der Waals surface area contributed by atoms with Gasteiger partial charge in [-0.3, -0.25) is 0 Å². The number of nitrogen functional groups attached to an aromatic ring is 1. The fourth-order valence-corrected chi connectivity index (χ4v) is 3.83. The van der Waals surface area contributed by atoms with Gasteiger partial charge in [0.1, 0.15) is 0 Å². The van der Waals surface area contributed by atoms with E-state index in [9.17, 15) is 5.26 Å². The molecule has 7 heteroatoms. The van der Waals surface area contributed by atoms with E-state index in [2.05, 4.69) is 28.2 Å². The molecule has 2 aromatic heterocycles. The molecule has 2 heterocycles. The van der Waals surface area contributed by atoms with Gasteiger partial charge in [-0.2, -0.15) is 0 Å². The summed E-state index contributed by atoms with van der Waals surface area (Å²) in [6.45, 7) is 0.470. The van der Waals surface area contributed by atoms with Crippen LogP contribution in [-0.4, -0.2) is 32.3 Å². The van der Waals surface area contributed by atoms with Gasteiger partial charge in [0.2, 0.25) is 0 Å². The van der Waals surface area contributed by atoms with Gasteiger partial charge >= 0.3 is 146 Å². The number of benzene rings is 1. The van der Waals surface area contributed by atoms with Gasteiger partial charge in [0.25, 0.3) is 0 Å². The number of nitrogens with two attached hydrogens (primary N) is 1. The monoisotopic (exact) mass is 381 g/mol. The summed E-state index contributed by atoms with van der Waals surface area (Å²) < 4.78 is 12.3. The van der Waals surface area contributed by atoms with E-state index in [1.54, 1.807) is 12.1 Å². The molecule has 3 rings (SSSR count). The first-order chi connectivity index (χ1) is 11.8. The van der Waals surface area contributed by atoms with Crippen LogP contribution in [0.2, 0.25) is 5.21 Å². The molecule has 3 aromatic rings. The molecule has 2 N–H and O–H groups in total. The zero-order valence-corrected chi connectivity index (χ0v) is 14.6. The van der Waals surface area contributed by atoms with Gasteiger partial charge in [0.05, 0.1) is 0 Å². The van der Waals surface area contributed by atoms with Crippen molar-refractivity contribution in [3.63, 3.8) is 0 Å². The second kappa shape index (κ2) is 7.67. The molecule has 1 radical (unpaired) electrons. The van der Waals surface area contributed by atoms with Gasteiger partial charge < -0.3 is 0 Å². The normalized spacial score (nSPS) is 10.8. The predicted molar refractivity (Wildman–Crippen MR) is 91.0 cm³/mol. The summed E-state index contributed by atoms with van der Waals surface area (Å²) in [5.74, 6) is 0.707. The van der Waals surface area contributed by atoms with Crippen LogP contribution >= 0.6 is 0 Å². The minimum atomic E-state index is 0.0115. The molecule has 0 atom stereocenters. The number of rotatable bonds is 6. The molecule has 0 aliphatic carbocycles. The zero-order chi connectivity index (χ0) is 16.8. The summed E-state index contributed by atoms with van der Waals surface area (Å²) in [7, 11) is 0. The van der Waals surface area contributed by atoms with Crippen LogP contribution in [0.25, 0.3) is 11.5 Å². The second-order valence-corrected chi connectivity index (χ2v) is 7.45. The van der Waals surface area contributed by atoms with Crippen LogP contribution in [0.5, 0.6) is 5.88 Å². The Morgan fingerprint density at radius 1 is 1.17 bits per heavy atom. The average Bonchev–Trinajstić information content (AvgIpc) is 3.13. The molecule has 0 bridgehead atoms. The first kappa shape index (κ1) is 16.1. The Morgan fingerprint density at radius 2 is 2.00 bits per heavy atom. The van der Waals surface area contributed by atoms with E-state index in [1.165, 1.54) is 10.6 Å². The molecule has 0 fully saturated rings. The summed E-state index contributed by atoms with van der Waals surface area (Å²) in [6, 6.07) is 15.8. The molecule has 0 saturated carbocycles. The number of ether oxygens (including phenoxy) is 1. The number of hydrogen-bond donors (Lipinski definition) is 1. The van der Waals surface area contributed by atoms with Crippen LogP contribution in [-0.2, 0) is 0 Å². The summed E-state index contributed by atoms with van der Waals surface area (Å²) in [5, 5.41) is 10.3. The van der Waals surface area contributed by atoms with Crippen LogP contribution in [0.3, 0.4) is 0 Å². The molecule has 0 unspecified atom stereocenters. The van der Waals surface area contributed by atoms with Crippen LogP contribution in [0.4, 0.5) is 5.95 Å². The van der Waals surface area contributed by atoms with Crippen molar-refractivity contribution >= 4 is 26.1 Å². The maximum atomic E-state index is 9.44. The molecule has 0 amide bonds. The Balaban J connectivity index is 1.72. The van der Waals surface area contributed by atoms with Crippen LogP contribution in [0, 0.1) is 11.3 Å². The topological polar surface area (TPSA) is 98.0 Å². The van der Waals surface area contributed by atoms with Gasteiger partial charge in [-0.1, -0.05) is 0 Å². The van der Waals surface area contributed by atoms with Gasteiger partial charge in [-0.25, -0.2) is 0 Å². The van der Waals surface area contributed by atoms with E-state index >= 15 is 0 Å². The van der Waals surface area contributed by atoms with Crippen molar-refractivity contribution < 1.29 is 9.15 Å². The number of anilines is 1. The predicted octanol–water partition coefficient (Wildman–Crippen LogP) is 2.02. The first-order valence-electron chi connectivity index (χ1n) is 7.25. The molecule has 0 spiro atoms. The number of hydrogen-bond acceptors (Lipinski definition) is 6. The van der Waals surface area contributed by atoms with Gasteiger partial charge in [0, 0.05) is 0 Å². The Morgan fingerprint density at radius 3 is 2.71 bits per heavy atom. The molecule has 0 saturated heterocycles. The number of nitriles is 1. The van der Waals surface area contributed by atoms with E-state index in [1.807, 2.05) is 18.2 Å². The third-order valence-electron chi connectivity index (χ3n) is 3.14. The molecule has 1 aromatic carbocycles. The Bertz CT molecular complexity index is 845. The molecular formula is C17H14AsN4O2. The SMILES string of the molecule is N#Cc1c(OCC[As]c2ccccc2)nc(N)nc1-c1ccco1. The van der Waals surface area contributed by atoms with Crippen LogP contribution < -0.4 is 14.8 Å². The quantitative estimate of drug-likeness (QED) is 0.518. The van der Waals surface area contributed by atoms with Crippen LogP contribution in [0.15, 0.2) is 53.1 Å². The average molecular weight is 381 g/mol. The summed E-state index contributed by atoms with van der Waals surface area (Å²) in [4.78, 5) is 8.15. The number of nitrogens with zero attached hydrogens (tertiary/aromatic N) is 3. The number of aromatic nitrogens is 2. The molecule has 119 valence electrons. The van der Waals surface area contributed by atoms with E-state index in [0.717, 1.165) is 5.21 Å². The fourth-order valence-electron chi connectivity index (χ4n) is 2.10. The molecule has 0 aliphatic heterocycles. The van der Waals surface area contributed by atoms with Crippen molar-refractivity contribution in [2.24, 2.45) is 0 Å². The van der Waals surface area contributed by atoms with Gasteiger partial charge in [-0.15, -0.1) is 0 Å². The number of furan rings is 1. The first-order valence-corrected chi connectivity index (χ1v) is 9.51. The van der Waals surface area contributed by atoms with E-state index in [4.69, 9.17) is 14.9 Å². The summed E-state index contributed by atoms with van der Waals surface area (Å²) in [5.41, 5.74) is 6.32. The van der Waals surface area contributed by atoms with Crippen molar-refractivity contribution in [3.8, 4) is 23.4 Å². The van der Waals surface area contributed by atoms with Crippen molar-refractivity contribution in [1.29, 1.82) is 5.26 Å². The van der Waals surface area contributed by atoms with Gasteiger partial charge in [0.15, 0.2) is 0 Å². The molecule has 24 heavy (non-hydrogen) atoms. The third-order valence-corrected chi connectivity index (χ3v) is 5.38. The van der Waals surface area contributed by atoms with Crippen molar-refractivity contribution in [3.05, 3.63) is 54.3 Å². The third kappa shape index (κ3) is 3.76. The van der Waals surface area contributed by atoms with E-state index < -0.39 is 0 Å². The molecule has 0 aliphatic rings. The zero-order valence-electron chi connectivity index (χ0n) is 12.7. The van der Waals surface area contributed by atoms with Crippen LogP contribution in [0.1, 0.15) is 5.56 Å². The fraction of sp³-hybridized carbons (Fsp3) is 0.118. The summed E-state index contributed by atoms with van der Waals surface area (Å²) in [6.07, 6.45) is 1.51. The summed E-state index contributed by atoms with van der Waals surface area (Å²) >= 11 is 0.0115. The molecular weight excluding hydrogens is 367 g/mol. The maximum absolute atomic E-state index is 9.44. The standard InChI is InChI=1S/C17H14AsN4O2/c19-11-13-15(14-7-4-9-23-14)21-17(20)22-16(13)24-10-8-18-12-5-2-1-3-6-12/h1-7,9H,8,10H2,(H2,20,21,22). The Labute approximate surface area is 146 Å².